The number of hydrogen-bond acceptors (Lipinski definition) is 6. The summed E-state index contributed by atoms with van der Waals surface area (Å²) in [5, 5.41) is 4.29. The van der Waals surface area contributed by atoms with E-state index in [4.69, 9.17) is 19.0 Å². The molecule has 2 aromatic carbocycles. The standard InChI is InChI=1S/C25H31NO5/c1-3-15-30-26-24(18-29-23-10-6-7-19(16-23)17-25(27)28-2)20-11-13-22(14-12-20)31-21-8-4-5-9-21/h6-7,10-14,16,21H,3-5,8-9,15,17-18H2,1-2H3/b26-24+. The normalized spacial score (nSPS) is 14.3. The van der Waals surface area contributed by atoms with Crippen molar-refractivity contribution < 1.29 is 23.8 Å². The van der Waals surface area contributed by atoms with E-state index < -0.39 is 0 Å². The lowest BCUT2D eigenvalue weighted by Crippen LogP contribution is -2.15. The predicted molar refractivity (Wildman–Crippen MR) is 120 cm³/mol. The van der Waals surface area contributed by atoms with Crippen molar-refractivity contribution in [2.75, 3.05) is 20.3 Å². The summed E-state index contributed by atoms with van der Waals surface area (Å²) in [6.45, 7) is 2.82. The van der Waals surface area contributed by atoms with Crippen LogP contribution in [0.25, 0.3) is 0 Å². The van der Waals surface area contributed by atoms with Gasteiger partial charge in [-0.05, 0) is 74.1 Å². The second kappa shape index (κ2) is 12.0. The lowest BCUT2D eigenvalue weighted by molar-refractivity contribution is -0.139. The van der Waals surface area contributed by atoms with Crippen LogP contribution >= 0.6 is 0 Å². The maximum Gasteiger partial charge on any atom is 0.309 e. The Hall–Kier alpha value is -3.02. The van der Waals surface area contributed by atoms with E-state index in [0.717, 1.165) is 36.1 Å². The second-order valence-corrected chi connectivity index (χ2v) is 7.61. The van der Waals surface area contributed by atoms with Crippen LogP contribution in [0.4, 0.5) is 0 Å². The van der Waals surface area contributed by atoms with E-state index in [9.17, 15) is 4.79 Å². The quantitative estimate of drug-likeness (QED) is 0.221. The van der Waals surface area contributed by atoms with Crippen molar-refractivity contribution in [1.82, 2.24) is 0 Å². The van der Waals surface area contributed by atoms with Crippen LogP contribution in [0.15, 0.2) is 53.7 Å². The zero-order valence-corrected chi connectivity index (χ0v) is 18.3. The van der Waals surface area contributed by atoms with Crippen LogP contribution in [0.1, 0.15) is 50.2 Å². The van der Waals surface area contributed by atoms with Gasteiger partial charge in [-0.1, -0.05) is 24.2 Å². The van der Waals surface area contributed by atoms with E-state index in [1.165, 1.54) is 20.0 Å². The molecule has 1 saturated carbocycles. The smallest absolute Gasteiger partial charge is 0.309 e. The number of esters is 1. The highest BCUT2D eigenvalue weighted by molar-refractivity contribution is 6.01. The van der Waals surface area contributed by atoms with Gasteiger partial charge in [0.05, 0.1) is 19.6 Å². The first-order valence-electron chi connectivity index (χ1n) is 10.9. The Morgan fingerprint density at radius 3 is 2.55 bits per heavy atom. The largest absolute Gasteiger partial charge is 0.490 e. The molecule has 1 aliphatic rings. The first kappa shape index (κ1) is 22.7. The minimum atomic E-state index is -0.285. The fraction of sp³-hybridized carbons (Fsp3) is 0.440. The summed E-state index contributed by atoms with van der Waals surface area (Å²) in [6.07, 6.45) is 6.15. The monoisotopic (exact) mass is 425 g/mol. The SMILES string of the molecule is CCCO/N=C(\COc1cccc(CC(=O)OC)c1)c1ccc(OC2CCCC2)cc1. The zero-order valence-electron chi connectivity index (χ0n) is 18.3. The van der Waals surface area contributed by atoms with Crippen LogP contribution < -0.4 is 9.47 Å². The number of carbonyl (C=O) groups is 1. The Labute approximate surface area is 184 Å². The molecule has 6 nitrogen and oxygen atoms in total. The minimum Gasteiger partial charge on any atom is -0.490 e. The van der Waals surface area contributed by atoms with Crippen LogP contribution in [0.2, 0.25) is 0 Å². The Balaban J connectivity index is 1.66. The Morgan fingerprint density at radius 2 is 1.84 bits per heavy atom. The molecular weight excluding hydrogens is 394 g/mol. The number of ether oxygens (including phenoxy) is 3. The molecule has 6 heteroatoms. The number of rotatable bonds is 11. The molecule has 2 aromatic rings. The molecule has 0 saturated heterocycles. The van der Waals surface area contributed by atoms with Crippen molar-refractivity contribution in [3.8, 4) is 11.5 Å². The molecule has 0 spiro atoms. The van der Waals surface area contributed by atoms with Gasteiger partial charge in [-0.2, -0.15) is 0 Å². The van der Waals surface area contributed by atoms with Gasteiger partial charge in [0.1, 0.15) is 30.4 Å². The van der Waals surface area contributed by atoms with Gasteiger partial charge in [-0.15, -0.1) is 0 Å². The molecule has 1 aliphatic carbocycles. The van der Waals surface area contributed by atoms with Crippen LogP contribution in [0.3, 0.4) is 0 Å². The summed E-state index contributed by atoms with van der Waals surface area (Å²) in [5.41, 5.74) is 2.44. The van der Waals surface area contributed by atoms with E-state index in [-0.39, 0.29) is 19.0 Å². The first-order valence-corrected chi connectivity index (χ1v) is 10.9. The lowest BCUT2D eigenvalue weighted by Gasteiger charge is -2.14. The summed E-state index contributed by atoms with van der Waals surface area (Å²) < 4.78 is 16.7. The summed E-state index contributed by atoms with van der Waals surface area (Å²) in [5.74, 6) is 1.25. The maximum atomic E-state index is 11.5. The van der Waals surface area contributed by atoms with Crippen LogP contribution in [0.5, 0.6) is 11.5 Å². The van der Waals surface area contributed by atoms with Gasteiger partial charge in [0.15, 0.2) is 0 Å². The van der Waals surface area contributed by atoms with Crippen LogP contribution in [-0.4, -0.2) is 38.1 Å². The zero-order chi connectivity index (χ0) is 21.9. The van der Waals surface area contributed by atoms with E-state index >= 15 is 0 Å². The molecule has 0 aromatic heterocycles. The van der Waals surface area contributed by atoms with E-state index in [1.54, 1.807) is 0 Å². The van der Waals surface area contributed by atoms with E-state index in [0.29, 0.717) is 24.2 Å². The Kier molecular flexibility index (Phi) is 8.76. The average Bonchev–Trinajstić information content (AvgIpc) is 3.30. The van der Waals surface area contributed by atoms with Crippen molar-refractivity contribution in [3.05, 3.63) is 59.7 Å². The highest BCUT2D eigenvalue weighted by Crippen LogP contribution is 2.24. The Bertz CT molecular complexity index is 856. The topological polar surface area (TPSA) is 66.4 Å². The summed E-state index contributed by atoms with van der Waals surface area (Å²) in [7, 11) is 1.38. The fourth-order valence-electron chi connectivity index (χ4n) is 3.44. The number of carbonyl (C=O) groups excluding carboxylic acids is 1. The molecule has 0 bridgehead atoms. The third-order valence-electron chi connectivity index (χ3n) is 5.11. The predicted octanol–water partition coefficient (Wildman–Crippen LogP) is 4.93. The summed E-state index contributed by atoms with van der Waals surface area (Å²) >= 11 is 0. The molecule has 0 atom stereocenters. The van der Waals surface area contributed by atoms with Crippen molar-refractivity contribution in [2.45, 2.75) is 51.6 Å². The molecule has 1 fully saturated rings. The molecule has 166 valence electrons. The molecule has 0 radical (unpaired) electrons. The van der Waals surface area contributed by atoms with Gasteiger partial charge >= 0.3 is 5.97 Å². The summed E-state index contributed by atoms with van der Waals surface area (Å²) in [6, 6.07) is 15.3. The van der Waals surface area contributed by atoms with Crippen LogP contribution in [-0.2, 0) is 20.8 Å². The third kappa shape index (κ3) is 7.31. The number of oxime groups is 1. The molecule has 0 amide bonds. The van der Waals surface area contributed by atoms with Gasteiger partial charge in [0.25, 0.3) is 0 Å². The van der Waals surface area contributed by atoms with Crippen molar-refractivity contribution >= 4 is 11.7 Å². The van der Waals surface area contributed by atoms with Gasteiger partial charge in [-0.25, -0.2) is 0 Å². The number of hydrogen-bond donors (Lipinski definition) is 0. The second-order valence-electron chi connectivity index (χ2n) is 7.61. The average molecular weight is 426 g/mol. The fourth-order valence-corrected chi connectivity index (χ4v) is 3.44. The highest BCUT2D eigenvalue weighted by atomic mass is 16.6. The number of nitrogens with zero attached hydrogens (tertiary/aromatic N) is 1. The van der Waals surface area contributed by atoms with Crippen molar-refractivity contribution in [1.29, 1.82) is 0 Å². The summed E-state index contributed by atoms with van der Waals surface area (Å²) in [4.78, 5) is 16.9. The third-order valence-corrected chi connectivity index (χ3v) is 5.11. The number of benzene rings is 2. The first-order chi connectivity index (χ1) is 15.2. The van der Waals surface area contributed by atoms with Crippen LogP contribution in [0, 0.1) is 0 Å². The molecule has 0 N–H and O–H groups in total. The van der Waals surface area contributed by atoms with E-state index in [1.807, 2.05) is 55.5 Å². The Morgan fingerprint density at radius 1 is 1.06 bits per heavy atom. The highest BCUT2D eigenvalue weighted by Gasteiger charge is 2.16. The molecule has 0 unspecified atom stereocenters. The molecule has 3 rings (SSSR count). The van der Waals surface area contributed by atoms with Gasteiger partial charge < -0.3 is 19.0 Å². The number of methoxy groups -OCH3 is 1. The van der Waals surface area contributed by atoms with E-state index in [2.05, 4.69) is 5.16 Å². The molecule has 0 aliphatic heterocycles. The lowest BCUT2D eigenvalue weighted by atomic mass is 10.1. The molecular formula is C25H31NO5. The molecule has 0 heterocycles. The molecule has 31 heavy (non-hydrogen) atoms. The van der Waals surface area contributed by atoms with Crippen molar-refractivity contribution in [2.24, 2.45) is 5.16 Å². The maximum absolute atomic E-state index is 11.5. The minimum absolute atomic E-state index is 0.205. The van der Waals surface area contributed by atoms with Gasteiger partial charge in [0, 0.05) is 5.56 Å². The van der Waals surface area contributed by atoms with Gasteiger partial charge in [0.2, 0.25) is 0 Å². The van der Waals surface area contributed by atoms with Gasteiger partial charge in [-0.3, -0.25) is 4.79 Å². The van der Waals surface area contributed by atoms with Crippen molar-refractivity contribution in [3.63, 3.8) is 0 Å².